The molecule has 0 spiro atoms. The molecule has 3 nitrogen and oxygen atoms in total. The molecule has 1 fully saturated rings. The summed E-state index contributed by atoms with van der Waals surface area (Å²) in [5.74, 6) is 0. The fraction of sp³-hybridized carbons (Fsp3) is 0.571. The van der Waals surface area contributed by atoms with E-state index in [9.17, 15) is 0 Å². The Morgan fingerprint density at radius 3 is 2.94 bits per heavy atom. The number of hydrogen-bond donors (Lipinski definition) is 1. The normalized spacial score (nSPS) is 23.2. The van der Waals surface area contributed by atoms with E-state index >= 15 is 0 Å². The van der Waals surface area contributed by atoms with Crippen molar-refractivity contribution in [2.24, 2.45) is 5.73 Å². The maximum absolute atomic E-state index is 6.04. The van der Waals surface area contributed by atoms with Crippen molar-refractivity contribution in [1.29, 1.82) is 0 Å². The van der Waals surface area contributed by atoms with Gasteiger partial charge in [-0.05, 0) is 31.9 Å². The van der Waals surface area contributed by atoms with Gasteiger partial charge in [-0.1, -0.05) is 18.2 Å². The molecule has 1 heterocycles. The van der Waals surface area contributed by atoms with E-state index < -0.39 is 0 Å². The topological polar surface area (TPSA) is 38.5 Å². The highest BCUT2D eigenvalue weighted by Gasteiger charge is 2.18. The number of rotatable bonds is 2. The van der Waals surface area contributed by atoms with Crippen LogP contribution in [0.25, 0.3) is 0 Å². The van der Waals surface area contributed by atoms with Gasteiger partial charge in [0.15, 0.2) is 0 Å². The highest BCUT2D eigenvalue weighted by molar-refractivity contribution is 5.55. The first-order valence-electron chi connectivity index (χ1n) is 6.39. The molecule has 1 aromatic rings. The average molecular weight is 234 g/mol. The number of benzene rings is 1. The largest absolute Gasteiger partial charge is 0.377 e. The van der Waals surface area contributed by atoms with Gasteiger partial charge in [0.05, 0.1) is 6.10 Å². The van der Waals surface area contributed by atoms with Crippen molar-refractivity contribution in [3.05, 3.63) is 29.8 Å². The first-order valence-corrected chi connectivity index (χ1v) is 6.39. The summed E-state index contributed by atoms with van der Waals surface area (Å²) in [6.45, 7) is 7.03. The van der Waals surface area contributed by atoms with Crippen molar-refractivity contribution in [3.8, 4) is 0 Å². The van der Waals surface area contributed by atoms with E-state index in [4.69, 9.17) is 10.5 Å². The minimum absolute atomic E-state index is 0.0747. The van der Waals surface area contributed by atoms with Gasteiger partial charge in [-0.2, -0.15) is 0 Å². The molecular formula is C14H22N2O. The van der Waals surface area contributed by atoms with E-state index in [1.54, 1.807) is 0 Å². The molecule has 0 saturated carbocycles. The summed E-state index contributed by atoms with van der Waals surface area (Å²) in [5, 5.41) is 0. The van der Waals surface area contributed by atoms with Crippen LogP contribution in [0.2, 0.25) is 0 Å². The minimum Gasteiger partial charge on any atom is -0.377 e. The summed E-state index contributed by atoms with van der Waals surface area (Å²) in [6.07, 6.45) is 1.37. The van der Waals surface area contributed by atoms with Gasteiger partial charge in [0.2, 0.25) is 0 Å². The van der Waals surface area contributed by atoms with Gasteiger partial charge in [0.25, 0.3) is 0 Å². The molecule has 17 heavy (non-hydrogen) atoms. The number of para-hydroxylation sites is 1. The van der Waals surface area contributed by atoms with E-state index in [1.165, 1.54) is 11.3 Å². The van der Waals surface area contributed by atoms with E-state index in [0.717, 1.165) is 26.1 Å². The smallest absolute Gasteiger partial charge is 0.0721 e. The Morgan fingerprint density at radius 2 is 2.18 bits per heavy atom. The van der Waals surface area contributed by atoms with Crippen LogP contribution in [0.5, 0.6) is 0 Å². The molecule has 1 aliphatic heterocycles. The van der Waals surface area contributed by atoms with E-state index in [1.807, 2.05) is 6.92 Å². The van der Waals surface area contributed by atoms with Crippen molar-refractivity contribution in [3.63, 3.8) is 0 Å². The molecule has 0 aromatic heterocycles. The zero-order chi connectivity index (χ0) is 12.3. The van der Waals surface area contributed by atoms with Crippen molar-refractivity contribution >= 4 is 5.69 Å². The molecule has 1 aliphatic rings. The third kappa shape index (κ3) is 2.99. The number of ether oxygens (including phenoxy) is 1. The van der Waals surface area contributed by atoms with Crippen LogP contribution in [0, 0.1) is 0 Å². The number of anilines is 1. The van der Waals surface area contributed by atoms with Crippen LogP contribution in [0.15, 0.2) is 24.3 Å². The predicted molar refractivity (Wildman–Crippen MR) is 71.3 cm³/mol. The maximum Gasteiger partial charge on any atom is 0.0721 e. The zero-order valence-electron chi connectivity index (χ0n) is 10.7. The lowest BCUT2D eigenvalue weighted by molar-refractivity contribution is 0.0821. The highest BCUT2D eigenvalue weighted by Crippen LogP contribution is 2.26. The summed E-state index contributed by atoms with van der Waals surface area (Å²) in [6, 6.07) is 8.50. The Balaban J connectivity index is 2.25. The Labute approximate surface area is 104 Å². The third-order valence-electron chi connectivity index (χ3n) is 3.22. The monoisotopic (exact) mass is 234 g/mol. The van der Waals surface area contributed by atoms with Gasteiger partial charge < -0.3 is 15.4 Å². The molecule has 3 heteroatoms. The molecule has 1 aromatic carbocycles. The maximum atomic E-state index is 6.04. The summed E-state index contributed by atoms with van der Waals surface area (Å²) in [4.78, 5) is 2.40. The van der Waals surface area contributed by atoms with Crippen molar-refractivity contribution in [1.82, 2.24) is 0 Å². The predicted octanol–water partition coefficient (Wildman–Crippen LogP) is 2.32. The first-order chi connectivity index (χ1) is 8.18. The lowest BCUT2D eigenvalue weighted by Gasteiger charge is -2.27. The molecular weight excluding hydrogens is 212 g/mol. The second-order valence-corrected chi connectivity index (χ2v) is 4.83. The highest BCUT2D eigenvalue weighted by atomic mass is 16.5. The molecule has 1 saturated heterocycles. The van der Waals surface area contributed by atoms with Crippen LogP contribution < -0.4 is 10.6 Å². The molecule has 2 atom stereocenters. The fourth-order valence-corrected chi connectivity index (χ4v) is 2.37. The molecule has 2 rings (SSSR count). The Bertz CT molecular complexity index is 365. The van der Waals surface area contributed by atoms with Crippen molar-refractivity contribution in [2.45, 2.75) is 32.4 Å². The van der Waals surface area contributed by atoms with E-state index in [0.29, 0.717) is 6.10 Å². The standard InChI is InChI=1S/C14H22N2O/c1-11-10-16(8-5-9-17-11)14-7-4-3-6-13(14)12(2)15/h3-4,6-7,11-12H,5,8-10,15H2,1-2H3/t11?,12-/m0/s1. The van der Waals surface area contributed by atoms with Crippen LogP contribution in [0.4, 0.5) is 5.69 Å². The molecule has 94 valence electrons. The molecule has 0 radical (unpaired) electrons. The van der Waals surface area contributed by atoms with Gasteiger partial charge in [0.1, 0.15) is 0 Å². The number of hydrogen-bond acceptors (Lipinski definition) is 3. The fourth-order valence-electron chi connectivity index (χ4n) is 2.37. The summed E-state index contributed by atoms with van der Waals surface area (Å²) in [7, 11) is 0. The Hall–Kier alpha value is -1.06. The second-order valence-electron chi connectivity index (χ2n) is 4.83. The molecule has 1 unspecified atom stereocenters. The van der Waals surface area contributed by atoms with E-state index in [-0.39, 0.29) is 6.04 Å². The molecule has 0 amide bonds. The Kier molecular flexibility index (Phi) is 4.02. The SMILES string of the molecule is CC1CN(c2ccccc2[C@H](C)N)CCCO1. The molecule has 2 N–H and O–H groups in total. The summed E-state index contributed by atoms with van der Waals surface area (Å²) in [5.41, 5.74) is 8.52. The summed E-state index contributed by atoms with van der Waals surface area (Å²) < 4.78 is 5.68. The first kappa shape index (κ1) is 12.4. The van der Waals surface area contributed by atoms with Crippen LogP contribution >= 0.6 is 0 Å². The van der Waals surface area contributed by atoms with Crippen molar-refractivity contribution < 1.29 is 4.74 Å². The van der Waals surface area contributed by atoms with Gasteiger partial charge in [-0.25, -0.2) is 0 Å². The van der Waals surface area contributed by atoms with Crippen LogP contribution in [-0.4, -0.2) is 25.8 Å². The lowest BCUT2D eigenvalue weighted by atomic mass is 10.1. The van der Waals surface area contributed by atoms with Gasteiger partial charge in [-0.3, -0.25) is 0 Å². The summed E-state index contributed by atoms with van der Waals surface area (Å²) >= 11 is 0. The van der Waals surface area contributed by atoms with E-state index in [2.05, 4.69) is 36.1 Å². The number of nitrogens with two attached hydrogens (primary N) is 1. The van der Waals surface area contributed by atoms with Crippen molar-refractivity contribution in [2.75, 3.05) is 24.6 Å². The second kappa shape index (κ2) is 5.52. The lowest BCUT2D eigenvalue weighted by Crippen LogP contribution is -2.31. The van der Waals surface area contributed by atoms with Crippen LogP contribution in [0.1, 0.15) is 31.9 Å². The Morgan fingerprint density at radius 1 is 1.41 bits per heavy atom. The average Bonchev–Trinajstić information content (AvgIpc) is 2.54. The van der Waals surface area contributed by atoms with Crippen LogP contribution in [0.3, 0.4) is 0 Å². The van der Waals surface area contributed by atoms with Crippen LogP contribution in [-0.2, 0) is 4.74 Å². The quantitative estimate of drug-likeness (QED) is 0.853. The zero-order valence-corrected chi connectivity index (χ0v) is 10.7. The van der Waals surface area contributed by atoms with Gasteiger partial charge in [-0.15, -0.1) is 0 Å². The molecule has 0 aliphatic carbocycles. The number of nitrogens with zero attached hydrogens (tertiary/aromatic N) is 1. The van der Waals surface area contributed by atoms with Gasteiger partial charge in [0, 0.05) is 31.4 Å². The molecule has 0 bridgehead atoms. The minimum atomic E-state index is 0.0747. The van der Waals surface area contributed by atoms with Gasteiger partial charge >= 0.3 is 0 Å². The third-order valence-corrected chi connectivity index (χ3v) is 3.22.